The highest BCUT2D eigenvalue weighted by molar-refractivity contribution is 7.13. The molecule has 0 amide bonds. The highest BCUT2D eigenvalue weighted by atomic mass is 32.1. The summed E-state index contributed by atoms with van der Waals surface area (Å²) in [6, 6.07) is 3.21. The van der Waals surface area contributed by atoms with E-state index in [2.05, 4.69) is 4.98 Å². The van der Waals surface area contributed by atoms with Crippen LogP contribution in [0.1, 0.15) is 12.6 Å². The Morgan fingerprint density at radius 1 is 1.32 bits per heavy atom. The van der Waals surface area contributed by atoms with Crippen molar-refractivity contribution in [3.8, 4) is 10.6 Å². The van der Waals surface area contributed by atoms with Gasteiger partial charge in [-0.15, -0.1) is 11.3 Å². The molecular formula is C13H11F2NO2S. The number of aromatic nitrogens is 1. The van der Waals surface area contributed by atoms with Gasteiger partial charge in [-0.3, -0.25) is 4.79 Å². The highest BCUT2D eigenvalue weighted by Crippen LogP contribution is 2.25. The molecule has 0 saturated heterocycles. The molecule has 2 aromatic rings. The van der Waals surface area contributed by atoms with Gasteiger partial charge in [-0.1, -0.05) is 0 Å². The summed E-state index contributed by atoms with van der Waals surface area (Å²) < 4.78 is 31.0. The fraction of sp³-hybridized carbons (Fsp3) is 0.231. The normalized spacial score (nSPS) is 10.5. The summed E-state index contributed by atoms with van der Waals surface area (Å²) >= 11 is 1.23. The Bertz CT molecular complexity index is 578. The number of carbonyl (C=O) groups is 1. The van der Waals surface area contributed by atoms with Crippen LogP contribution in [0.4, 0.5) is 8.78 Å². The van der Waals surface area contributed by atoms with E-state index in [1.54, 1.807) is 12.3 Å². The zero-order valence-corrected chi connectivity index (χ0v) is 11.0. The molecule has 0 bridgehead atoms. The van der Waals surface area contributed by atoms with Crippen molar-refractivity contribution >= 4 is 17.3 Å². The third kappa shape index (κ3) is 3.57. The lowest BCUT2D eigenvalue weighted by Crippen LogP contribution is -2.07. The zero-order chi connectivity index (χ0) is 13.8. The maximum Gasteiger partial charge on any atom is 0.311 e. The van der Waals surface area contributed by atoms with Crippen LogP contribution in [0, 0.1) is 11.6 Å². The average Bonchev–Trinajstić information content (AvgIpc) is 2.76. The van der Waals surface area contributed by atoms with Gasteiger partial charge >= 0.3 is 5.97 Å². The van der Waals surface area contributed by atoms with Gasteiger partial charge in [-0.05, 0) is 19.1 Å². The summed E-state index contributed by atoms with van der Waals surface area (Å²) in [6.07, 6.45) is 0.0577. The number of carbonyl (C=O) groups excluding carboxylic acids is 1. The lowest BCUT2D eigenvalue weighted by Gasteiger charge is -1.99. The minimum atomic E-state index is -0.655. The molecule has 0 atom stereocenters. The number of thiazole rings is 1. The molecule has 0 aliphatic heterocycles. The predicted octanol–water partition coefficient (Wildman–Crippen LogP) is 3.19. The number of ether oxygens (including phenoxy) is 1. The summed E-state index contributed by atoms with van der Waals surface area (Å²) in [7, 11) is 0. The lowest BCUT2D eigenvalue weighted by molar-refractivity contribution is -0.142. The number of halogens is 2. The molecule has 0 saturated carbocycles. The van der Waals surface area contributed by atoms with Crippen LogP contribution in [0.25, 0.3) is 10.6 Å². The maximum absolute atomic E-state index is 13.1. The molecule has 19 heavy (non-hydrogen) atoms. The number of benzene rings is 1. The van der Waals surface area contributed by atoms with Gasteiger partial charge in [0.1, 0.15) is 16.6 Å². The standard InChI is InChI=1S/C13H11F2NO2S/c1-2-18-12(17)6-11-7-19-13(16-11)8-3-9(14)5-10(15)4-8/h3-5,7H,2,6H2,1H3. The summed E-state index contributed by atoms with van der Waals surface area (Å²) in [5.74, 6) is -1.68. The maximum atomic E-state index is 13.1. The third-order valence-electron chi connectivity index (χ3n) is 2.29. The Balaban J connectivity index is 2.18. The number of esters is 1. The molecule has 1 heterocycles. The average molecular weight is 283 g/mol. The Kier molecular flexibility index (Phi) is 4.21. The molecule has 0 unspecified atom stereocenters. The molecule has 2 rings (SSSR count). The van der Waals surface area contributed by atoms with Crippen molar-refractivity contribution in [3.63, 3.8) is 0 Å². The van der Waals surface area contributed by atoms with Crippen molar-refractivity contribution in [1.82, 2.24) is 4.98 Å². The molecule has 1 aromatic carbocycles. The van der Waals surface area contributed by atoms with Gasteiger partial charge in [-0.2, -0.15) is 0 Å². The van der Waals surface area contributed by atoms with E-state index in [9.17, 15) is 13.6 Å². The van der Waals surface area contributed by atoms with E-state index in [4.69, 9.17) is 4.74 Å². The minimum Gasteiger partial charge on any atom is -0.466 e. The van der Waals surface area contributed by atoms with Gasteiger partial charge < -0.3 is 4.74 Å². The van der Waals surface area contributed by atoms with Gasteiger partial charge in [-0.25, -0.2) is 13.8 Å². The number of rotatable bonds is 4. The van der Waals surface area contributed by atoms with E-state index in [1.807, 2.05) is 0 Å². The summed E-state index contributed by atoms with van der Waals surface area (Å²) in [5, 5.41) is 2.15. The quantitative estimate of drug-likeness (QED) is 0.809. The highest BCUT2D eigenvalue weighted by Gasteiger charge is 2.11. The van der Waals surface area contributed by atoms with Crippen LogP contribution in [0.3, 0.4) is 0 Å². The Labute approximate surface area is 112 Å². The van der Waals surface area contributed by atoms with Crippen LogP contribution < -0.4 is 0 Å². The van der Waals surface area contributed by atoms with Crippen LogP contribution in [-0.2, 0) is 16.0 Å². The van der Waals surface area contributed by atoms with Crippen molar-refractivity contribution in [2.45, 2.75) is 13.3 Å². The van der Waals surface area contributed by atoms with Gasteiger partial charge in [0.05, 0.1) is 18.7 Å². The van der Waals surface area contributed by atoms with E-state index in [-0.39, 0.29) is 12.4 Å². The fourth-order valence-corrected chi connectivity index (χ4v) is 2.37. The molecule has 6 heteroatoms. The summed E-state index contributed by atoms with van der Waals surface area (Å²) in [6.45, 7) is 2.03. The molecule has 0 N–H and O–H groups in total. The largest absolute Gasteiger partial charge is 0.466 e. The molecule has 0 radical (unpaired) electrons. The Morgan fingerprint density at radius 3 is 2.63 bits per heavy atom. The molecule has 100 valence electrons. The number of nitrogens with zero attached hydrogens (tertiary/aromatic N) is 1. The molecular weight excluding hydrogens is 272 g/mol. The van der Waals surface area contributed by atoms with Gasteiger partial charge in [0.2, 0.25) is 0 Å². The zero-order valence-electron chi connectivity index (χ0n) is 10.2. The number of hydrogen-bond acceptors (Lipinski definition) is 4. The first-order valence-electron chi connectivity index (χ1n) is 5.65. The second kappa shape index (κ2) is 5.88. The second-order valence-corrected chi connectivity index (χ2v) is 4.64. The van der Waals surface area contributed by atoms with E-state index in [0.29, 0.717) is 22.9 Å². The topological polar surface area (TPSA) is 39.2 Å². The van der Waals surface area contributed by atoms with Crippen molar-refractivity contribution in [2.24, 2.45) is 0 Å². The molecule has 3 nitrogen and oxygen atoms in total. The van der Waals surface area contributed by atoms with Crippen LogP contribution in [0.15, 0.2) is 23.6 Å². The summed E-state index contributed by atoms with van der Waals surface area (Å²) in [4.78, 5) is 15.5. The van der Waals surface area contributed by atoms with Crippen LogP contribution >= 0.6 is 11.3 Å². The van der Waals surface area contributed by atoms with E-state index >= 15 is 0 Å². The van der Waals surface area contributed by atoms with Crippen LogP contribution in [0.2, 0.25) is 0 Å². The first-order valence-corrected chi connectivity index (χ1v) is 6.53. The van der Waals surface area contributed by atoms with E-state index in [1.165, 1.54) is 23.5 Å². The van der Waals surface area contributed by atoms with Crippen molar-refractivity contribution in [3.05, 3.63) is 40.9 Å². The van der Waals surface area contributed by atoms with Crippen LogP contribution in [-0.4, -0.2) is 17.6 Å². The van der Waals surface area contributed by atoms with Gasteiger partial charge in [0, 0.05) is 17.0 Å². The first-order chi connectivity index (χ1) is 9.08. The minimum absolute atomic E-state index is 0.0577. The molecule has 0 fully saturated rings. The monoisotopic (exact) mass is 283 g/mol. The van der Waals surface area contributed by atoms with Crippen molar-refractivity contribution in [2.75, 3.05) is 6.61 Å². The van der Waals surface area contributed by atoms with Gasteiger partial charge in [0.15, 0.2) is 0 Å². The smallest absolute Gasteiger partial charge is 0.311 e. The van der Waals surface area contributed by atoms with E-state index in [0.717, 1.165) is 6.07 Å². The predicted molar refractivity (Wildman–Crippen MR) is 67.8 cm³/mol. The van der Waals surface area contributed by atoms with E-state index < -0.39 is 11.6 Å². The third-order valence-corrected chi connectivity index (χ3v) is 3.23. The fourth-order valence-electron chi connectivity index (χ4n) is 1.56. The first kappa shape index (κ1) is 13.6. The second-order valence-electron chi connectivity index (χ2n) is 3.78. The summed E-state index contributed by atoms with van der Waals surface area (Å²) in [5.41, 5.74) is 0.890. The molecule has 1 aromatic heterocycles. The molecule has 0 aliphatic carbocycles. The van der Waals surface area contributed by atoms with Crippen molar-refractivity contribution in [1.29, 1.82) is 0 Å². The molecule has 0 aliphatic rings. The number of hydrogen-bond donors (Lipinski definition) is 0. The van der Waals surface area contributed by atoms with Crippen LogP contribution in [0.5, 0.6) is 0 Å². The SMILES string of the molecule is CCOC(=O)Cc1csc(-c2cc(F)cc(F)c2)n1. The van der Waals surface area contributed by atoms with Gasteiger partial charge in [0.25, 0.3) is 0 Å². The molecule has 0 spiro atoms. The van der Waals surface area contributed by atoms with Crippen molar-refractivity contribution < 1.29 is 18.3 Å². The lowest BCUT2D eigenvalue weighted by atomic mass is 10.2. The Hall–Kier alpha value is -1.82. The Morgan fingerprint density at radius 2 is 2.00 bits per heavy atom.